The summed E-state index contributed by atoms with van der Waals surface area (Å²) in [7, 11) is 0. The van der Waals surface area contributed by atoms with Gasteiger partial charge in [0.05, 0.1) is 17.8 Å². The van der Waals surface area contributed by atoms with Gasteiger partial charge < -0.3 is 19.5 Å². The standard InChI is InChI=1S/C25H20BrF3N2O4/c26-16-7-8-18-14(11-16)3-1-6-19(18)31-23(32)21-20(13-30-24-22(21)33-9-10-34-24)35-17-5-2-4-15(12-17)25(27,28)29/h2,4-5,7-8,11-13,19H,1,3,6,9-10H2,(H,31,32)/t19-/m0/s1. The van der Waals surface area contributed by atoms with Gasteiger partial charge in [-0.1, -0.05) is 28.1 Å². The second-order valence-corrected chi connectivity index (χ2v) is 9.13. The van der Waals surface area contributed by atoms with E-state index in [9.17, 15) is 18.0 Å². The lowest BCUT2D eigenvalue weighted by atomic mass is 9.87. The topological polar surface area (TPSA) is 69.7 Å². The molecule has 1 N–H and O–H groups in total. The SMILES string of the molecule is O=C(N[C@H]1CCCc2cc(Br)ccc21)c1c(Oc2cccc(C(F)(F)F)c2)cnc2c1OCCO2. The molecular formula is C25H20BrF3N2O4. The molecule has 1 amide bonds. The zero-order valence-electron chi connectivity index (χ0n) is 18.3. The molecule has 182 valence electrons. The van der Waals surface area contributed by atoms with Gasteiger partial charge in [-0.15, -0.1) is 0 Å². The minimum atomic E-state index is -4.53. The van der Waals surface area contributed by atoms with Crippen LogP contribution in [0.3, 0.4) is 0 Å². The van der Waals surface area contributed by atoms with Gasteiger partial charge in [-0.2, -0.15) is 13.2 Å². The number of aryl methyl sites for hydroxylation is 1. The maximum Gasteiger partial charge on any atom is 0.416 e. The van der Waals surface area contributed by atoms with Gasteiger partial charge in [-0.3, -0.25) is 4.79 Å². The highest BCUT2D eigenvalue weighted by Crippen LogP contribution is 2.41. The number of alkyl halides is 3. The first-order valence-corrected chi connectivity index (χ1v) is 11.8. The van der Waals surface area contributed by atoms with E-state index < -0.39 is 17.6 Å². The number of rotatable bonds is 4. The maximum atomic E-state index is 13.6. The van der Waals surface area contributed by atoms with Crippen molar-refractivity contribution in [3.63, 3.8) is 0 Å². The molecule has 5 rings (SSSR count). The summed E-state index contributed by atoms with van der Waals surface area (Å²) in [6.07, 6.45) is -0.722. The molecule has 1 aromatic heterocycles. The number of pyridine rings is 1. The number of fused-ring (bicyclic) bond motifs is 2. The van der Waals surface area contributed by atoms with Gasteiger partial charge in [-0.05, 0) is 60.7 Å². The zero-order valence-corrected chi connectivity index (χ0v) is 19.9. The van der Waals surface area contributed by atoms with E-state index in [0.29, 0.717) is 0 Å². The molecule has 0 spiro atoms. The largest absolute Gasteiger partial charge is 0.484 e. The minimum absolute atomic E-state index is 0.0244. The third kappa shape index (κ3) is 4.93. The highest BCUT2D eigenvalue weighted by atomic mass is 79.9. The molecule has 0 fully saturated rings. The molecule has 0 saturated heterocycles. The van der Waals surface area contributed by atoms with Gasteiger partial charge in [0.25, 0.3) is 11.8 Å². The van der Waals surface area contributed by atoms with Crippen molar-refractivity contribution in [3.05, 3.63) is 75.4 Å². The van der Waals surface area contributed by atoms with Crippen molar-refractivity contribution in [2.75, 3.05) is 13.2 Å². The molecule has 0 radical (unpaired) electrons. The Hall–Kier alpha value is -3.27. The first-order chi connectivity index (χ1) is 16.8. The van der Waals surface area contributed by atoms with Gasteiger partial charge in [0, 0.05) is 4.47 Å². The summed E-state index contributed by atoms with van der Waals surface area (Å²) in [6, 6.07) is 10.1. The van der Waals surface area contributed by atoms with Crippen LogP contribution in [-0.2, 0) is 12.6 Å². The highest BCUT2D eigenvalue weighted by molar-refractivity contribution is 9.10. The number of carbonyl (C=O) groups excluding carboxylic acids is 1. The van der Waals surface area contributed by atoms with Crippen molar-refractivity contribution >= 4 is 21.8 Å². The van der Waals surface area contributed by atoms with Crippen molar-refractivity contribution in [3.8, 4) is 23.1 Å². The van der Waals surface area contributed by atoms with Crippen LogP contribution in [0, 0.1) is 0 Å². The van der Waals surface area contributed by atoms with Crippen LogP contribution in [0.15, 0.2) is 53.1 Å². The normalized spacial score (nSPS) is 16.9. The Morgan fingerprint density at radius 1 is 1.14 bits per heavy atom. The molecule has 10 heteroatoms. The number of nitrogens with zero attached hydrogens (tertiary/aromatic N) is 1. The molecular weight excluding hydrogens is 529 g/mol. The third-order valence-corrected chi connectivity index (χ3v) is 6.37. The zero-order chi connectivity index (χ0) is 24.6. The lowest BCUT2D eigenvalue weighted by Crippen LogP contribution is -2.32. The number of hydrogen-bond donors (Lipinski definition) is 1. The van der Waals surface area contributed by atoms with E-state index >= 15 is 0 Å². The van der Waals surface area contributed by atoms with Gasteiger partial charge in [-0.25, -0.2) is 4.98 Å². The van der Waals surface area contributed by atoms with E-state index in [1.54, 1.807) is 0 Å². The summed E-state index contributed by atoms with van der Waals surface area (Å²) in [5.41, 5.74) is 1.33. The molecule has 1 aliphatic heterocycles. The van der Waals surface area contributed by atoms with Crippen LogP contribution in [0.5, 0.6) is 23.1 Å². The number of benzene rings is 2. The summed E-state index contributed by atoms with van der Waals surface area (Å²) in [4.78, 5) is 17.7. The molecule has 2 aliphatic rings. The van der Waals surface area contributed by atoms with Crippen LogP contribution in [0.1, 0.15) is 45.9 Å². The van der Waals surface area contributed by atoms with Crippen LogP contribution in [0.2, 0.25) is 0 Å². The molecule has 0 unspecified atom stereocenters. The van der Waals surface area contributed by atoms with E-state index in [1.165, 1.54) is 18.3 Å². The smallest absolute Gasteiger partial charge is 0.416 e. The van der Waals surface area contributed by atoms with Crippen LogP contribution < -0.4 is 19.5 Å². The summed E-state index contributed by atoms with van der Waals surface area (Å²) in [5.74, 6) is -0.370. The Morgan fingerprint density at radius 2 is 1.97 bits per heavy atom. The lowest BCUT2D eigenvalue weighted by Gasteiger charge is -2.28. The fourth-order valence-corrected chi connectivity index (χ4v) is 4.71. The van der Waals surface area contributed by atoms with Crippen LogP contribution in [0.25, 0.3) is 0 Å². The minimum Gasteiger partial charge on any atom is -0.484 e. The summed E-state index contributed by atoms with van der Waals surface area (Å²) < 4.78 is 57.4. The third-order valence-electron chi connectivity index (χ3n) is 5.88. The molecule has 2 aromatic carbocycles. The maximum absolute atomic E-state index is 13.6. The quantitative estimate of drug-likeness (QED) is 0.418. The number of aromatic nitrogens is 1. The second-order valence-electron chi connectivity index (χ2n) is 8.22. The van der Waals surface area contributed by atoms with E-state index in [0.717, 1.165) is 47.0 Å². The predicted molar refractivity (Wildman–Crippen MR) is 124 cm³/mol. The number of carbonyl (C=O) groups is 1. The molecule has 6 nitrogen and oxygen atoms in total. The van der Waals surface area contributed by atoms with Crippen LogP contribution in [-0.4, -0.2) is 24.1 Å². The molecule has 0 saturated carbocycles. The number of nitrogens with one attached hydrogen (secondary N) is 1. The molecule has 2 heterocycles. The molecule has 3 aromatic rings. The number of ether oxygens (including phenoxy) is 3. The molecule has 35 heavy (non-hydrogen) atoms. The lowest BCUT2D eigenvalue weighted by molar-refractivity contribution is -0.137. The van der Waals surface area contributed by atoms with Gasteiger partial charge >= 0.3 is 6.18 Å². The second kappa shape index (κ2) is 9.41. The van der Waals surface area contributed by atoms with Crippen molar-refractivity contribution in [2.45, 2.75) is 31.5 Å². The highest BCUT2D eigenvalue weighted by Gasteiger charge is 2.32. The van der Waals surface area contributed by atoms with Crippen molar-refractivity contribution in [1.29, 1.82) is 0 Å². The molecule has 1 aliphatic carbocycles. The number of hydrogen-bond acceptors (Lipinski definition) is 5. The monoisotopic (exact) mass is 548 g/mol. The van der Waals surface area contributed by atoms with E-state index in [2.05, 4.69) is 26.2 Å². The Labute approximate surface area is 207 Å². The van der Waals surface area contributed by atoms with Gasteiger partial charge in [0.2, 0.25) is 0 Å². The van der Waals surface area contributed by atoms with E-state index in [-0.39, 0.29) is 47.9 Å². The Kier molecular flexibility index (Phi) is 6.31. The molecule has 0 bridgehead atoms. The van der Waals surface area contributed by atoms with E-state index in [1.807, 2.05) is 18.2 Å². The Morgan fingerprint density at radius 3 is 2.80 bits per heavy atom. The fraction of sp³-hybridized carbons (Fsp3) is 0.280. The number of halogens is 4. The first kappa shape index (κ1) is 23.5. The van der Waals surface area contributed by atoms with Crippen molar-refractivity contribution in [1.82, 2.24) is 10.3 Å². The van der Waals surface area contributed by atoms with Crippen molar-refractivity contribution < 1.29 is 32.2 Å². The summed E-state index contributed by atoms with van der Waals surface area (Å²) in [6.45, 7) is 0.460. The van der Waals surface area contributed by atoms with Crippen molar-refractivity contribution in [2.24, 2.45) is 0 Å². The summed E-state index contributed by atoms with van der Waals surface area (Å²) >= 11 is 3.49. The average Bonchev–Trinajstić information content (AvgIpc) is 2.83. The van der Waals surface area contributed by atoms with Crippen LogP contribution >= 0.6 is 15.9 Å². The Balaban J connectivity index is 1.49. The van der Waals surface area contributed by atoms with E-state index in [4.69, 9.17) is 14.2 Å². The Bertz CT molecular complexity index is 1280. The average molecular weight is 549 g/mol. The summed E-state index contributed by atoms with van der Waals surface area (Å²) in [5, 5.41) is 3.05. The first-order valence-electron chi connectivity index (χ1n) is 11.0. The predicted octanol–water partition coefficient (Wildman–Crippen LogP) is 6.23. The van der Waals surface area contributed by atoms with Crippen LogP contribution in [0.4, 0.5) is 13.2 Å². The van der Waals surface area contributed by atoms with Gasteiger partial charge in [0.1, 0.15) is 24.5 Å². The van der Waals surface area contributed by atoms with Gasteiger partial charge in [0.15, 0.2) is 11.5 Å². The number of amides is 1. The fourth-order valence-electron chi connectivity index (χ4n) is 4.30. The molecule has 1 atom stereocenters.